The fourth-order valence-electron chi connectivity index (χ4n) is 3.89. The maximum atomic E-state index is 13.2. The molecule has 1 heterocycles. The number of benzene rings is 3. The lowest BCUT2D eigenvalue weighted by molar-refractivity contribution is -0.122. The van der Waals surface area contributed by atoms with Gasteiger partial charge in [-0.3, -0.25) is 19.7 Å². The normalized spacial score (nSPS) is 14.3. The lowest BCUT2D eigenvalue weighted by Gasteiger charge is -2.26. The molecule has 0 radical (unpaired) electrons. The molecule has 0 unspecified atom stereocenters. The van der Waals surface area contributed by atoms with Gasteiger partial charge in [-0.05, 0) is 79.4 Å². The highest BCUT2D eigenvalue weighted by molar-refractivity contribution is 6.39. The van der Waals surface area contributed by atoms with E-state index in [-0.39, 0.29) is 29.5 Å². The van der Waals surface area contributed by atoms with Gasteiger partial charge in [0.15, 0.2) is 18.1 Å². The van der Waals surface area contributed by atoms with Crippen molar-refractivity contribution in [3.05, 3.63) is 87.4 Å². The number of carbonyl (C=O) groups excluding carboxylic acids is 4. The first-order valence-electron chi connectivity index (χ1n) is 11.9. The Morgan fingerprint density at radius 1 is 1.00 bits per heavy atom. The van der Waals surface area contributed by atoms with E-state index in [0.717, 1.165) is 21.6 Å². The van der Waals surface area contributed by atoms with Crippen LogP contribution in [-0.2, 0) is 14.4 Å². The molecule has 39 heavy (non-hydrogen) atoms. The van der Waals surface area contributed by atoms with Crippen LogP contribution in [0, 0.1) is 20.8 Å². The van der Waals surface area contributed by atoms with Crippen LogP contribution < -0.4 is 25.0 Å². The third-order valence-corrected chi connectivity index (χ3v) is 6.66. The summed E-state index contributed by atoms with van der Waals surface area (Å²) in [5.74, 6) is -1.40. The number of rotatable bonds is 7. The smallest absolute Gasteiger partial charge is 0.335 e. The van der Waals surface area contributed by atoms with E-state index in [0.29, 0.717) is 22.0 Å². The highest BCUT2D eigenvalue weighted by atomic mass is 35.5. The molecule has 3 aromatic rings. The van der Waals surface area contributed by atoms with Crippen molar-refractivity contribution in [3.8, 4) is 11.5 Å². The molecule has 1 aliphatic heterocycles. The Balaban J connectivity index is 1.52. The predicted molar refractivity (Wildman–Crippen MR) is 148 cm³/mol. The van der Waals surface area contributed by atoms with Gasteiger partial charge in [0.05, 0.1) is 12.8 Å². The zero-order chi connectivity index (χ0) is 28.3. The molecular weight excluding hydrogens is 522 g/mol. The van der Waals surface area contributed by atoms with Crippen molar-refractivity contribution in [2.24, 2.45) is 0 Å². The average molecular weight is 548 g/mol. The van der Waals surface area contributed by atoms with Crippen LogP contribution in [0.4, 0.5) is 16.2 Å². The topological polar surface area (TPSA) is 114 Å². The van der Waals surface area contributed by atoms with Gasteiger partial charge in [-0.25, -0.2) is 9.69 Å². The molecule has 3 aromatic carbocycles. The standard InChI is InChI=1S/C29H26ClN3O6/c1-16-6-5-7-23(18(16)3)31-26(34)15-39-24-11-9-19(13-25(24)38-4)12-21-27(35)32-29(37)33(28(21)36)20-10-8-17(2)22(30)14-20/h5-14H,15H2,1-4H3,(H,31,34)(H,32,35,37)/b21-12+. The average Bonchev–Trinajstić information content (AvgIpc) is 2.90. The van der Waals surface area contributed by atoms with Gasteiger partial charge in [-0.2, -0.15) is 0 Å². The molecule has 0 atom stereocenters. The van der Waals surface area contributed by atoms with Crippen LogP contribution in [-0.4, -0.2) is 37.5 Å². The number of ether oxygens (including phenoxy) is 2. The van der Waals surface area contributed by atoms with Gasteiger partial charge in [-0.1, -0.05) is 35.9 Å². The van der Waals surface area contributed by atoms with Crippen molar-refractivity contribution in [3.63, 3.8) is 0 Å². The van der Waals surface area contributed by atoms with Gasteiger partial charge < -0.3 is 14.8 Å². The molecule has 5 amide bonds. The minimum Gasteiger partial charge on any atom is -0.493 e. The Morgan fingerprint density at radius 2 is 1.77 bits per heavy atom. The van der Waals surface area contributed by atoms with E-state index < -0.39 is 17.8 Å². The number of nitrogens with zero attached hydrogens (tertiary/aromatic N) is 1. The minimum absolute atomic E-state index is 0.229. The summed E-state index contributed by atoms with van der Waals surface area (Å²) in [5.41, 5.74) is 3.91. The Kier molecular flexibility index (Phi) is 8.01. The number of imide groups is 2. The first kappa shape index (κ1) is 27.4. The molecule has 0 spiro atoms. The number of urea groups is 1. The number of methoxy groups -OCH3 is 1. The molecule has 1 saturated heterocycles. The van der Waals surface area contributed by atoms with Crippen LogP contribution in [0.15, 0.2) is 60.2 Å². The van der Waals surface area contributed by atoms with E-state index >= 15 is 0 Å². The van der Waals surface area contributed by atoms with E-state index in [1.807, 2.05) is 32.0 Å². The van der Waals surface area contributed by atoms with Crippen LogP contribution in [0.25, 0.3) is 6.08 Å². The Hall–Kier alpha value is -4.63. The van der Waals surface area contributed by atoms with Crippen LogP contribution in [0.3, 0.4) is 0 Å². The van der Waals surface area contributed by atoms with E-state index in [1.54, 1.807) is 37.3 Å². The quantitative estimate of drug-likeness (QED) is 0.319. The molecule has 1 aliphatic rings. The predicted octanol–water partition coefficient (Wildman–Crippen LogP) is 4.96. The van der Waals surface area contributed by atoms with Crippen molar-refractivity contribution in [2.45, 2.75) is 20.8 Å². The zero-order valence-corrected chi connectivity index (χ0v) is 22.5. The van der Waals surface area contributed by atoms with Gasteiger partial charge in [0.2, 0.25) is 0 Å². The van der Waals surface area contributed by atoms with Gasteiger partial charge >= 0.3 is 6.03 Å². The molecule has 200 valence electrons. The second kappa shape index (κ2) is 11.4. The fourth-order valence-corrected chi connectivity index (χ4v) is 4.06. The Morgan fingerprint density at radius 3 is 2.49 bits per heavy atom. The third kappa shape index (κ3) is 5.94. The highest BCUT2D eigenvalue weighted by Crippen LogP contribution is 2.31. The zero-order valence-electron chi connectivity index (χ0n) is 21.8. The molecule has 0 aromatic heterocycles. The molecule has 9 nitrogen and oxygen atoms in total. The third-order valence-electron chi connectivity index (χ3n) is 6.25. The summed E-state index contributed by atoms with van der Waals surface area (Å²) in [6.45, 7) is 5.41. The molecule has 0 aliphatic carbocycles. The second-order valence-corrected chi connectivity index (χ2v) is 9.29. The lowest BCUT2D eigenvalue weighted by Crippen LogP contribution is -2.54. The maximum absolute atomic E-state index is 13.2. The summed E-state index contributed by atoms with van der Waals surface area (Å²) in [7, 11) is 1.43. The number of barbiturate groups is 1. The van der Waals surface area contributed by atoms with Crippen LogP contribution >= 0.6 is 11.6 Å². The van der Waals surface area contributed by atoms with Gasteiger partial charge in [0, 0.05) is 10.7 Å². The first-order chi connectivity index (χ1) is 18.6. The van der Waals surface area contributed by atoms with Gasteiger partial charge in [0.25, 0.3) is 17.7 Å². The van der Waals surface area contributed by atoms with E-state index in [9.17, 15) is 19.2 Å². The summed E-state index contributed by atoms with van der Waals surface area (Å²) in [6, 6.07) is 14.2. The van der Waals surface area contributed by atoms with Crippen molar-refractivity contribution < 1.29 is 28.7 Å². The van der Waals surface area contributed by atoms with Crippen molar-refractivity contribution in [2.75, 3.05) is 23.9 Å². The molecule has 0 saturated carbocycles. The molecule has 4 rings (SSSR count). The summed E-state index contributed by atoms with van der Waals surface area (Å²) in [4.78, 5) is 51.5. The summed E-state index contributed by atoms with van der Waals surface area (Å²) in [5, 5.41) is 5.38. The van der Waals surface area contributed by atoms with Crippen LogP contribution in [0.5, 0.6) is 11.5 Å². The van der Waals surface area contributed by atoms with Crippen LogP contribution in [0.1, 0.15) is 22.3 Å². The van der Waals surface area contributed by atoms with Crippen LogP contribution in [0.2, 0.25) is 5.02 Å². The van der Waals surface area contributed by atoms with E-state index in [2.05, 4.69) is 10.6 Å². The van der Waals surface area contributed by atoms with E-state index in [1.165, 1.54) is 19.3 Å². The van der Waals surface area contributed by atoms with Gasteiger partial charge in [-0.15, -0.1) is 0 Å². The van der Waals surface area contributed by atoms with Crippen molar-refractivity contribution in [1.29, 1.82) is 0 Å². The number of hydrogen-bond donors (Lipinski definition) is 2. The first-order valence-corrected chi connectivity index (χ1v) is 12.3. The number of anilines is 2. The summed E-state index contributed by atoms with van der Waals surface area (Å²) < 4.78 is 11.1. The molecule has 0 bridgehead atoms. The maximum Gasteiger partial charge on any atom is 0.335 e. The Bertz CT molecular complexity index is 1530. The van der Waals surface area contributed by atoms with Gasteiger partial charge in [0.1, 0.15) is 5.57 Å². The summed E-state index contributed by atoms with van der Waals surface area (Å²) in [6.07, 6.45) is 1.34. The number of carbonyl (C=O) groups is 4. The highest BCUT2D eigenvalue weighted by Gasteiger charge is 2.37. The largest absolute Gasteiger partial charge is 0.493 e. The minimum atomic E-state index is -0.873. The number of hydrogen-bond acceptors (Lipinski definition) is 6. The second-order valence-electron chi connectivity index (χ2n) is 8.89. The molecule has 2 N–H and O–H groups in total. The molecule has 1 fully saturated rings. The monoisotopic (exact) mass is 547 g/mol. The molecular formula is C29H26ClN3O6. The number of aryl methyl sites for hydroxylation is 2. The SMILES string of the molecule is COc1cc(/C=C2\C(=O)NC(=O)N(c3ccc(C)c(Cl)c3)C2=O)ccc1OCC(=O)Nc1cccc(C)c1C. The molecule has 10 heteroatoms. The number of amides is 5. The number of halogens is 1. The number of nitrogens with one attached hydrogen (secondary N) is 2. The van der Waals surface area contributed by atoms with Crippen molar-refractivity contribution >= 4 is 52.8 Å². The van der Waals surface area contributed by atoms with E-state index in [4.69, 9.17) is 21.1 Å². The lowest BCUT2D eigenvalue weighted by atomic mass is 10.1. The fraction of sp³-hybridized carbons (Fsp3) is 0.172. The van der Waals surface area contributed by atoms with Crippen molar-refractivity contribution in [1.82, 2.24) is 5.32 Å². The summed E-state index contributed by atoms with van der Waals surface area (Å²) >= 11 is 6.17. The Labute approximate surface area is 230 Å².